The molecule has 1 aromatic rings. The molecule has 2 rings (SSSR count). The molecule has 1 aliphatic heterocycles. The van der Waals surface area contributed by atoms with Crippen molar-refractivity contribution in [3.63, 3.8) is 0 Å². The molecule has 0 aliphatic carbocycles. The monoisotopic (exact) mass is 312 g/mol. The molecule has 0 bridgehead atoms. The standard InChI is InChI=1S/C15H20N2O3.ClH/c1-16(2)8-9-17-12-7-5-6-11(10-18)13(12)14(19-3)15(17)20-4;/h5-7,15H,8-9H2,1-4H3;1H. The van der Waals surface area contributed by atoms with Gasteiger partial charge in [0.25, 0.3) is 0 Å². The maximum Gasteiger partial charge on any atom is 0.189 e. The molecule has 1 heterocycles. The average Bonchev–Trinajstić information content (AvgIpc) is 2.77. The van der Waals surface area contributed by atoms with E-state index in [1.54, 1.807) is 20.3 Å². The summed E-state index contributed by atoms with van der Waals surface area (Å²) in [5.74, 6) is 2.65. The summed E-state index contributed by atoms with van der Waals surface area (Å²) in [6.45, 7) is 1.67. The summed E-state index contributed by atoms with van der Waals surface area (Å²) in [7, 11) is 7.29. The Hall–Kier alpha value is -1.52. The summed E-state index contributed by atoms with van der Waals surface area (Å²) in [6, 6.07) is 5.57. The summed E-state index contributed by atoms with van der Waals surface area (Å²) in [5.41, 5.74) is 0.955. The second kappa shape index (κ2) is 7.48. The molecule has 21 heavy (non-hydrogen) atoms. The molecule has 116 valence electrons. The highest BCUT2D eigenvalue weighted by molar-refractivity contribution is 5.85. The van der Waals surface area contributed by atoms with Crippen LogP contribution in [0.1, 0.15) is 0 Å². The molecular formula is C15H21ClN2O3. The zero-order chi connectivity index (χ0) is 14.7. The molecule has 1 unspecified atom stereocenters. The number of methoxy groups -OCH3 is 2. The van der Waals surface area contributed by atoms with Gasteiger partial charge in [-0.3, -0.25) is 0 Å². The van der Waals surface area contributed by atoms with Gasteiger partial charge in [0.15, 0.2) is 12.0 Å². The first-order valence-electron chi connectivity index (χ1n) is 6.50. The summed E-state index contributed by atoms with van der Waals surface area (Å²) >= 11 is 0. The molecule has 0 amide bonds. The zero-order valence-electron chi connectivity index (χ0n) is 12.8. The van der Waals surface area contributed by atoms with Crippen LogP contribution < -0.4 is 15.3 Å². The van der Waals surface area contributed by atoms with E-state index in [0.717, 1.165) is 24.0 Å². The first kappa shape index (κ1) is 17.5. The smallest absolute Gasteiger partial charge is 0.189 e. The van der Waals surface area contributed by atoms with E-state index in [9.17, 15) is 4.79 Å². The molecule has 1 aliphatic rings. The second-order valence-corrected chi connectivity index (χ2v) is 4.95. The second-order valence-electron chi connectivity index (χ2n) is 4.95. The summed E-state index contributed by atoms with van der Waals surface area (Å²) < 4.78 is 11.0. The maximum absolute atomic E-state index is 11.1. The van der Waals surface area contributed by atoms with Crippen LogP contribution >= 0.6 is 12.4 Å². The van der Waals surface area contributed by atoms with E-state index < -0.39 is 0 Å². The number of fused-ring (bicyclic) bond motifs is 1. The normalized spacial score (nSPS) is 16.5. The lowest BCUT2D eigenvalue weighted by atomic mass is 10.2. The predicted octanol–water partition coefficient (Wildman–Crippen LogP) is -0.280. The van der Waals surface area contributed by atoms with Gasteiger partial charge in [0.05, 0.1) is 23.2 Å². The van der Waals surface area contributed by atoms with Crippen molar-refractivity contribution in [1.82, 2.24) is 4.90 Å². The largest absolute Gasteiger partial charge is 0.496 e. The van der Waals surface area contributed by atoms with E-state index >= 15 is 0 Å². The maximum atomic E-state index is 11.1. The van der Waals surface area contributed by atoms with Crippen molar-refractivity contribution in [2.75, 3.05) is 46.3 Å². The topological polar surface area (TPSA) is 42.0 Å². The molecule has 1 atom stereocenters. The lowest BCUT2D eigenvalue weighted by Crippen LogP contribution is -2.39. The number of hydrogen-bond donors (Lipinski definition) is 0. The van der Waals surface area contributed by atoms with E-state index in [4.69, 9.17) is 9.47 Å². The van der Waals surface area contributed by atoms with Gasteiger partial charge in [-0.1, -0.05) is 6.07 Å². The minimum Gasteiger partial charge on any atom is -0.496 e. The van der Waals surface area contributed by atoms with E-state index in [0.29, 0.717) is 11.0 Å². The van der Waals surface area contributed by atoms with Gasteiger partial charge < -0.3 is 19.3 Å². The minimum absolute atomic E-state index is 0. The molecule has 0 aromatic heterocycles. The molecule has 5 nitrogen and oxygen atoms in total. The summed E-state index contributed by atoms with van der Waals surface area (Å²) in [6.07, 6.45) is -0.301. The number of halogens is 1. The van der Waals surface area contributed by atoms with Gasteiger partial charge in [0.2, 0.25) is 0 Å². The highest BCUT2D eigenvalue weighted by Gasteiger charge is 2.32. The molecule has 6 heteroatoms. The Balaban J connectivity index is 0.00000220. The first-order valence-corrected chi connectivity index (χ1v) is 6.50. The van der Waals surface area contributed by atoms with Crippen molar-refractivity contribution in [2.45, 2.75) is 6.23 Å². The Morgan fingerprint density at radius 2 is 2.05 bits per heavy atom. The minimum atomic E-state index is -0.301. The molecule has 0 radical (unpaired) electrons. The van der Waals surface area contributed by atoms with Crippen LogP contribution in [0.15, 0.2) is 18.2 Å². The highest BCUT2D eigenvalue weighted by Crippen LogP contribution is 2.24. The zero-order valence-corrected chi connectivity index (χ0v) is 13.6. The number of likely N-dealkylation sites (N-methyl/N-ethyl adjacent to an activating group) is 1. The van der Waals surface area contributed by atoms with E-state index in [2.05, 4.69) is 9.80 Å². The lowest BCUT2D eigenvalue weighted by molar-refractivity contribution is 0.115. The molecular weight excluding hydrogens is 292 g/mol. The highest BCUT2D eigenvalue weighted by atomic mass is 35.5. The molecule has 1 aromatic carbocycles. The van der Waals surface area contributed by atoms with Crippen LogP contribution in [-0.4, -0.2) is 58.5 Å². The third-order valence-electron chi connectivity index (χ3n) is 3.45. The van der Waals surface area contributed by atoms with Crippen molar-refractivity contribution < 1.29 is 14.3 Å². The van der Waals surface area contributed by atoms with Crippen LogP contribution in [0.5, 0.6) is 0 Å². The number of anilines is 1. The van der Waals surface area contributed by atoms with Gasteiger partial charge in [0, 0.05) is 20.2 Å². The lowest BCUT2D eigenvalue weighted by Gasteiger charge is -2.29. The van der Waals surface area contributed by atoms with Crippen LogP contribution in [0.25, 0.3) is 5.76 Å². The SMILES string of the molecule is COC1=c2c(cccc2=C=O)N(CCN(C)C)C1OC.Cl. The Labute approximate surface area is 130 Å². The molecule has 0 N–H and O–H groups in total. The third kappa shape index (κ3) is 3.22. The van der Waals surface area contributed by atoms with Crippen LogP contribution in [0.2, 0.25) is 0 Å². The van der Waals surface area contributed by atoms with Gasteiger partial charge in [-0.15, -0.1) is 12.4 Å². The molecule has 0 saturated carbocycles. The fraction of sp³-hybridized carbons (Fsp3) is 0.467. The average molecular weight is 313 g/mol. The van der Waals surface area contributed by atoms with Crippen molar-refractivity contribution in [2.24, 2.45) is 0 Å². The molecule has 0 fully saturated rings. The van der Waals surface area contributed by atoms with Crippen molar-refractivity contribution in [3.05, 3.63) is 28.6 Å². The Morgan fingerprint density at radius 3 is 2.57 bits per heavy atom. The van der Waals surface area contributed by atoms with Gasteiger partial charge in [-0.05, 0) is 26.2 Å². The fourth-order valence-electron chi connectivity index (χ4n) is 2.50. The number of carbonyl (C=O) groups excluding carboxylic acids is 1. The quantitative estimate of drug-likeness (QED) is 0.748. The first-order chi connectivity index (χ1) is 9.63. The van der Waals surface area contributed by atoms with E-state index in [1.807, 2.05) is 32.2 Å². The van der Waals surface area contributed by atoms with E-state index in [-0.39, 0.29) is 18.6 Å². The van der Waals surface area contributed by atoms with Crippen LogP contribution in [-0.2, 0) is 14.3 Å². The summed E-state index contributed by atoms with van der Waals surface area (Å²) in [4.78, 5) is 15.3. The van der Waals surface area contributed by atoms with Gasteiger partial charge >= 0.3 is 0 Å². The number of ether oxygens (including phenoxy) is 2. The van der Waals surface area contributed by atoms with Crippen molar-refractivity contribution in [3.8, 4) is 0 Å². The van der Waals surface area contributed by atoms with Crippen LogP contribution in [0, 0.1) is 0 Å². The number of benzene rings is 1. The Bertz CT molecular complexity index is 626. The Kier molecular flexibility index (Phi) is 6.24. The number of nitrogens with zero attached hydrogens (tertiary/aromatic N) is 2. The predicted molar refractivity (Wildman–Crippen MR) is 84.9 cm³/mol. The Morgan fingerprint density at radius 1 is 1.33 bits per heavy atom. The van der Waals surface area contributed by atoms with Gasteiger partial charge in [-0.2, -0.15) is 0 Å². The van der Waals surface area contributed by atoms with Crippen molar-refractivity contribution >= 4 is 29.8 Å². The fourth-order valence-corrected chi connectivity index (χ4v) is 2.50. The molecule has 0 spiro atoms. The van der Waals surface area contributed by atoms with Gasteiger partial charge in [0.1, 0.15) is 5.94 Å². The van der Waals surface area contributed by atoms with Gasteiger partial charge in [-0.25, -0.2) is 4.79 Å². The van der Waals surface area contributed by atoms with Crippen LogP contribution in [0.4, 0.5) is 5.69 Å². The number of hydrogen-bond acceptors (Lipinski definition) is 5. The third-order valence-corrected chi connectivity index (χ3v) is 3.45. The van der Waals surface area contributed by atoms with Crippen LogP contribution in [0.3, 0.4) is 0 Å². The summed E-state index contributed by atoms with van der Waals surface area (Å²) in [5, 5.41) is 1.30. The molecule has 0 saturated heterocycles. The van der Waals surface area contributed by atoms with Crippen molar-refractivity contribution in [1.29, 1.82) is 0 Å². The number of rotatable bonds is 5. The van der Waals surface area contributed by atoms with E-state index in [1.165, 1.54) is 0 Å².